The van der Waals surface area contributed by atoms with Gasteiger partial charge in [0, 0.05) is 30.4 Å². The van der Waals surface area contributed by atoms with Crippen LogP contribution in [0, 0.1) is 0 Å². The molecule has 0 N–H and O–H groups in total. The lowest BCUT2D eigenvalue weighted by Gasteiger charge is -2.38. The lowest BCUT2D eigenvalue weighted by molar-refractivity contribution is -0.140. The van der Waals surface area contributed by atoms with Crippen molar-refractivity contribution in [1.82, 2.24) is 14.8 Å². The first kappa shape index (κ1) is 33.2. The Kier molecular flexibility index (Phi) is 10.9. The van der Waals surface area contributed by atoms with Crippen LogP contribution in [0.5, 0.6) is 0 Å². The average Bonchev–Trinajstić information content (AvgIpc) is 3.56. The van der Waals surface area contributed by atoms with Crippen molar-refractivity contribution in [2.45, 2.75) is 106 Å². The summed E-state index contributed by atoms with van der Waals surface area (Å²) >= 11 is 1.10. The molecule has 5 rings (SSSR count). The van der Waals surface area contributed by atoms with Gasteiger partial charge in [-0.3, -0.25) is 9.59 Å². The summed E-state index contributed by atoms with van der Waals surface area (Å²) in [5.74, 6) is -1.24. The summed E-state index contributed by atoms with van der Waals surface area (Å²) in [7, 11) is -6.38. The van der Waals surface area contributed by atoms with Gasteiger partial charge in [-0.2, -0.15) is 0 Å². The third kappa shape index (κ3) is 8.34. The molecule has 2 amide bonds. The van der Waals surface area contributed by atoms with Crippen molar-refractivity contribution in [3.63, 3.8) is 0 Å². The van der Waals surface area contributed by atoms with Gasteiger partial charge in [-0.05, 0) is 50.7 Å². The number of esters is 1. The molecule has 0 radical (unpaired) electrons. The molecular formula is C30H43N3O8S3. The van der Waals surface area contributed by atoms with Crippen LogP contribution in [0.3, 0.4) is 0 Å². The molecule has 0 bridgehead atoms. The van der Waals surface area contributed by atoms with E-state index in [2.05, 4.69) is 4.98 Å². The van der Waals surface area contributed by atoms with E-state index in [-0.39, 0.29) is 58.4 Å². The molecule has 11 nitrogen and oxygen atoms in total. The number of ether oxygens (including phenoxy) is 1. The van der Waals surface area contributed by atoms with Gasteiger partial charge in [-0.25, -0.2) is 26.6 Å². The highest BCUT2D eigenvalue weighted by molar-refractivity contribution is 8.00. The minimum absolute atomic E-state index is 0.00508. The fourth-order valence-electron chi connectivity index (χ4n) is 7.26. The first-order chi connectivity index (χ1) is 21.0. The van der Waals surface area contributed by atoms with Crippen molar-refractivity contribution in [1.29, 1.82) is 0 Å². The molecule has 2 atom stereocenters. The Morgan fingerprint density at radius 2 is 1.27 bits per heavy atom. The molecule has 2 saturated heterocycles. The highest BCUT2D eigenvalue weighted by Gasteiger charge is 2.40. The number of carbonyl (C=O) groups is 3. The predicted molar refractivity (Wildman–Crippen MR) is 167 cm³/mol. The number of rotatable bonds is 10. The van der Waals surface area contributed by atoms with Gasteiger partial charge in [0.25, 0.3) is 5.91 Å². The molecule has 0 spiro atoms. The summed E-state index contributed by atoms with van der Waals surface area (Å²) in [4.78, 5) is 48.0. The van der Waals surface area contributed by atoms with Crippen LogP contribution in [0.1, 0.15) is 87.4 Å². The Morgan fingerprint density at radius 1 is 0.750 bits per heavy atom. The number of sulfone groups is 2. The third-order valence-corrected chi connectivity index (χ3v) is 13.9. The van der Waals surface area contributed by atoms with Crippen LogP contribution in [0.4, 0.5) is 0 Å². The molecule has 1 aromatic heterocycles. The van der Waals surface area contributed by atoms with Gasteiger partial charge in [0.1, 0.15) is 5.03 Å². The van der Waals surface area contributed by atoms with Crippen LogP contribution < -0.4 is 0 Å². The van der Waals surface area contributed by atoms with Crippen LogP contribution >= 0.6 is 11.8 Å². The SMILES string of the molecule is O=C(OCC(=O)N(C1CCCCC1)[C@H]1CCS(=O)(=O)C1)c1cccnc1SCC(=O)N(C1CCCCC1)[C@@H]1CCS(=O)(=O)C1. The van der Waals surface area contributed by atoms with Gasteiger partial charge in [0.05, 0.1) is 34.3 Å². The summed E-state index contributed by atoms with van der Waals surface area (Å²) < 4.78 is 54.3. The molecule has 2 saturated carbocycles. The summed E-state index contributed by atoms with van der Waals surface area (Å²) in [6, 6.07) is 2.32. The standard InChI is InChI=1S/C30H43N3O8S3/c34-27(32(22-8-3-1-4-9-22)24-13-16-43(37,38)20-24)18-41-30(36)26-12-7-15-31-29(26)42-19-28(35)33(23-10-5-2-6-11-23)25-14-17-44(39,40)21-25/h7,12,15,22-25H,1-6,8-11,13-14,16-21H2/t24-,25+/m0/s1. The van der Waals surface area contributed by atoms with Crippen LogP contribution in [-0.2, 0) is 34.0 Å². The molecule has 1 aromatic rings. The number of nitrogens with zero attached hydrogens (tertiary/aromatic N) is 3. The molecule has 244 valence electrons. The largest absolute Gasteiger partial charge is 0.452 e. The van der Waals surface area contributed by atoms with Crippen molar-refractivity contribution >= 4 is 49.2 Å². The second-order valence-electron chi connectivity index (χ2n) is 12.5. The van der Waals surface area contributed by atoms with E-state index in [0.29, 0.717) is 17.9 Å². The number of thioether (sulfide) groups is 1. The highest BCUT2D eigenvalue weighted by Crippen LogP contribution is 2.31. The number of hydrogen-bond acceptors (Lipinski definition) is 10. The smallest absolute Gasteiger partial charge is 0.341 e. The Bertz CT molecular complexity index is 1420. The number of pyridine rings is 1. The lowest BCUT2D eigenvalue weighted by atomic mass is 9.93. The zero-order valence-corrected chi connectivity index (χ0v) is 27.6. The van der Waals surface area contributed by atoms with Crippen molar-refractivity contribution in [3.05, 3.63) is 23.9 Å². The summed E-state index contributed by atoms with van der Waals surface area (Å²) in [6.45, 7) is -0.505. The van der Waals surface area contributed by atoms with Gasteiger partial charge in [-0.1, -0.05) is 50.3 Å². The molecule has 14 heteroatoms. The van der Waals surface area contributed by atoms with Crippen molar-refractivity contribution in [2.75, 3.05) is 35.4 Å². The normalized spacial score (nSPS) is 25.4. The van der Waals surface area contributed by atoms with E-state index in [1.54, 1.807) is 15.9 Å². The molecule has 44 heavy (non-hydrogen) atoms. The van der Waals surface area contributed by atoms with E-state index in [1.807, 2.05) is 0 Å². The summed E-state index contributed by atoms with van der Waals surface area (Å²) in [5.41, 5.74) is 0.137. The first-order valence-electron chi connectivity index (χ1n) is 15.8. The summed E-state index contributed by atoms with van der Waals surface area (Å²) in [6.07, 6.45) is 11.8. The molecular weight excluding hydrogens is 627 g/mol. The van der Waals surface area contributed by atoms with E-state index in [0.717, 1.165) is 76.0 Å². The van der Waals surface area contributed by atoms with Crippen LogP contribution in [0.15, 0.2) is 23.4 Å². The monoisotopic (exact) mass is 669 g/mol. The van der Waals surface area contributed by atoms with E-state index in [4.69, 9.17) is 4.74 Å². The second-order valence-corrected chi connectivity index (χ2v) is 17.9. The number of carbonyl (C=O) groups excluding carboxylic acids is 3. The Morgan fingerprint density at radius 3 is 1.77 bits per heavy atom. The minimum Gasteiger partial charge on any atom is -0.452 e. The Balaban J connectivity index is 1.23. The van der Waals surface area contributed by atoms with Crippen molar-refractivity contribution < 1.29 is 36.0 Å². The van der Waals surface area contributed by atoms with Gasteiger partial charge in [0.2, 0.25) is 5.91 Å². The molecule has 0 aromatic carbocycles. The number of aromatic nitrogens is 1. The predicted octanol–water partition coefficient (Wildman–Crippen LogP) is 3.03. The molecule has 4 fully saturated rings. The molecule has 4 aliphatic rings. The Labute approximate surface area is 264 Å². The molecule has 3 heterocycles. The quantitative estimate of drug-likeness (QED) is 0.269. The zero-order valence-electron chi connectivity index (χ0n) is 25.1. The van der Waals surface area contributed by atoms with Crippen molar-refractivity contribution in [2.24, 2.45) is 0 Å². The first-order valence-corrected chi connectivity index (χ1v) is 20.4. The fourth-order valence-corrected chi connectivity index (χ4v) is 11.5. The van der Waals surface area contributed by atoms with Gasteiger partial charge in [0.15, 0.2) is 26.3 Å². The maximum absolute atomic E-state index is 13.6. The highest BCUT2D eigenvalue weighted by atomic mass is 32.2. The van der Waals surface area contributed by atoms with Crippen LogP contribution in [0.25, 0.3) is 0 Å². The lowest BCUT2D eigenvalue weighted by Crippen LogP contribution is -2.50. The average molecular weight is 670 g/mol. The van der Waals surface area contributed by atoms with E-state index >= 15 is 0 Å². The van der Waals surface area contributed by atoms with Crippen molar-refractivity contribution in [3.8, 4) is 0 Å². The molecule has 0 unspecified atom stereocenters. The van der Waals surface area contributed by atoms with Crippen LogP contribution in [-0.4, -0.2) is 109 Å². The van der Waals surface area contributed by atoms with E-state index in [1.165, 1.54) is 12.3 Å². The van der Waals surface area contributed by atoms with E-state index < -0.39 is 44.2 Å². The third-order valence-electron chi connectivity index (χ3n) is 9.37. The van der Waals surface area contributed by atoms with Gasteiger partial charge < -0.3 is 14.5 Å². The minimum atomic E-state index is -3.20. The maximum atomic E-state index is 13.6. The van der Waals surface area contributed by atoms with Gasteiger partial charge in [-0.15, -0.1) is 0 Å². The molecule has 2 aliphatic carbocycles. The topological polar surface area (TPSA) is 148 Å². The van der Waals surface area contributed by atoms with Crippen LogP contribution in [0.2, 0.25) is 0 Å². The number of amides is 2. The zero-order chi connectivity index (χ0) is 31.3. The van der Waals surface area contributed by atoms with Gasteiger partial charge >= 0.3 is 5.97 Å². The molecule has 2 aliphatic heterocycles. The maximum Gasteiger partial charge on any atom is 0.341 e. The fraction of sp³-hybridized carbons (Fsp3) is 0.733. The summed E-state index contributed by atoms with van der Waals surface area (Å²) in [5, 5.41) is 0.298. The van der Waals surface area contributed by atoms with E-state index in [9.17, 15) is 31.2 Å². The second kappa shape index (κ2) is 14.5. The Hall–Kier alpha value is -2.19. The number of hydrogen-bond donors (Lipinski definition) is 0.